The Kier molecular flexibility index (Phi) is 7.55. The van der Waals surface area contributed by atoms with Gasteiger partial charge in [-0.05, 0) is 35.9 Å². The quantitative estimate of drug-likeness (QED) is 0.739. The van der Waals surface area contributed by atoms with E-state index in [0.29, 0.717) is 6.54 Å². The second-order valence-corrected chi connectivity index (χ2v) is 7.89. The number of aryl methyl sites for hydroxylation is 1. The van der Waals surface area contributed by atoms with E-state index >= 15 is 0 Å². The zero-order valence-corrected chi connectivity index (χ0v) is 17.1. The first kappa shape index (κ1) is 20.8. The number of aromatic nitrogens is 2. The summed E-state index contributed by atoms with van der Waals surface area (Å²) < 4.78 is 1.79. The van der Waals surface area contributed by atoms with Crippen LogP contribution in [0, 0.1) is 5.92 Å². The normalized spacial score (nSPS) is 20.4. The molecule has 2 heterocycles. The summed E-state index contributed by atoms with van der Waals surface area (Å²) >= 11 is 1.83. The maximum Gasteiger partial charge on any atom is 0.225 e. The molecule has 3 atom stereocenters. The SMILES string of the molecule is CCSc1ccc(C(C)NC(=O)[C@H]2CNC[C@@H]2c2cnn(C)c2)cc1.Cl. The van der Waals surface area contributed by atoms with Crippen molar-refractivity contribution < 1.29 is 4.79 Å². The van der Waals surface area contributed by atoms with Crippen molar-refractivity contribution >= 4 is 30.1 Å². The third-order valence-corrected chi connectivity index (χ3v) is 5.65. The number of carbonyl (C=O) groups excluding carboxylic acids is 1. The van der Waals surface area contributed by atoms with Crippen molar-refractivity contribution in [3.05, 3.63) is 47.8 Å². The second-order valence-electron chi connectivity index (χ2n) is 6.55. The average molecular weight is 395 g/mol. The van der Waals surface area contributed by atoms with Crippen molar-refractivity contribution in [3.63, 3.8) is 0 Å². The van der Waals surface area contributed by atoms with E-state index in [9.17, 15) is 4.79 Å². The predicted molar refractivity (Wildman–Crippen MR) is 109 cm³/mol. The Bertz CT molecular complexity index is 719. The van der Waals surface area contributed by atoms with Crippen molar-refractivity contribution in [2.75, 3.05) is 18.8 Å². The molecule has 0 radical (unpaired) electrons. The van der Waals surface area contributed by atoms with E-state index in [2.05, 4.69) is 46.9 Å². The topological polar surface area (TPSA) is 59.0 Å². The Labute approximate surface area is 165 Å². The summed E-state index contributed by atoms with van der Waals surface area (Å²) in [6.45, 7) is 5.72. The molecule has 1 aliphatic heterocycles. The number of nitrogens with one attached hydrogen (secondary N) is 2. The third-order valence-electron chi connectivity index (χ3n) is 4.75. The van der Waals surface area contributed by atoms with E-state index in [1.54, 1.807) is 4.68 Å². The average Bonchev–Trinajstić information content (AvgIpc) is 3.24. The smallest absolute Gasteiger partial charge is 0.225 e. The lowest BCUT2D eigenvalue weighted by molar-refractivity contribution is -0.125. The summed E-state index contributed by atoms with van der Waals surface area (Å²) in [4.78, 5) is 14.1. The van der Waals surface area contributed by atoms with Crippen LogP contribution in [0.3, 0.4) is 0 Å². The first-order valence-corrected chi connectivity index (χ1v) is 9.79. The molecule has 1 unspecified atom stereocenters. The van der Waals surface area contributed by atoms with Crippen LogP contribution in [-0.2, 0) is 11.8 Å². The molecule has 26 heavy (non-hydrogen) atoms. The molecule has 3 rings (SSSR count). The van der Waals surface area contributed by atoms with Gasteiger partial charge >= 0.3 is 0 Å². The van der Waals surface area contributed by atoms with E-state index in [1.165, 1.54) is 4.90 Å². The molecular weight excluding hydrogens is 368 g/mol. The zero-order valence-electron chi connectivity index (χ0n) is 15.4. The standard InChI is InChI=1S/C19H26N4OS.ClH/c1-4-25-16-7-5-14(6-8-16)13(2)22-19(24)18-11-20-10-17(18)15-9-21-23(3)12-15;/h5-9,12-13,17-18,20H,4,10-11H2,1-3H3,(H,22,24);1H/t13?,17-,18+;/m1./s1. The molecule has 2 aromatic rings. The molecule has 0 saturated carbocycles. The lowest BCUT2D eigenvalue weighted by Crippen LogP contribution is -2.35. The van der Waals surface area contributed by atoms with Crippen LogP contribution in [0.5, 0.6) is 0 Å². The van der Waals surface area contributed by atoms with E-state index in [4.69, 9.17) is 0 Å². The van der Waals surface area contributed by atoms with Gasteiger partial charge < -0.3 is 10.6 Å². The van der Waals surface area contributed by atoms with Crippen LogP contribution >= 0.6 is 24.2 Å². The molecule has 0 spiro atoms. The van der Waals surface area contributed by atoms with Gasteiger partial charge in [0.2, 0.25) is 5.91 Å². The number of halogens is 1. The number of rotatable bonds is 6. The van der Waals surface area contributed by atoms with Gasteiger partial charge in [-0.15, -0.1) is 24.2 Å². The van der Waals surface area contributed by atoms with Crippen molar-refractivity contribution in [2.45, 2.75) is 30.7 Å². The van der Waals surface area contributed by atoms with E-state index in [1.807, 2.05) is 38.1 Å². The molecule has 1 aliphatic rings. The Balaban J connectivity index is 0.00000243. The highest BCUT2D eigenvalue weighted by molar-refractivity contribution is 7.99. The largest absolute Gasteiger partial charge is 0.349 e. The summed E-state index contributed by atoms with van der Waals surface area (Å²) in [6.07, 6.45) is 3.87. The maximum atomic E-state index is 12.8. The molecule has 5 nitrogen and oxygen atoms in total. The fourth-order valence-corrected chi connectivity index (χ4v) is 4.02. The molecule has 1 aromatic carbocycles. The molecule has 7 heteroatoms. The van der Waals surface area contributed by atoms with Crippen LogP contribution in [-0.4, -0.2) is 34.5 Å². The molecule has 1 amide bonds. The fraction of sp³-hybridized carbons (Fsp3) is 0.474. The molecule has 1 saturated heterocycles. The lowest BCUT2D eigenvalue weighted by Gasteiger charge is -2.21. The van der Waals surface area contributed by atoms with Crippen molar-refractivity contribution in [1.82, 2.24) is 20.4 Å². The van der Waals surface area contributed by atoms with E-state index in [-0.39, 0.29) is 36.2 Å². The Morgan fingerprint density at radius 2 is 2.12 bits per heavy atom. The molecule has 142 valence electrons. The Morgan fingerprint density at radius 1 is 1.38 bits per heavy atom. The van der Waals surface area contributed by atoms with E-state index in [0.717, 1.165) is 23.4 Å². The van der Waals surface area contributed by atoms with Gasteiger partial charge in [0, 0.05) is 37.1 Å². The van der Waals surface area contributed by atoms with Gasteiger partial charge in [-0.3, -0.25) is 9.48 Å². The number of amides is 1. The molecule has 0 aliphatic carbocycles. The number of hydrogen-bond donors (Lipinski definition) is 2. The van der Waals surface area contributed by atoms with Crippen LogP contribution in [0.1, 0.15) is 36.9 Å². The van der Waals surface area contributed by atoms with Gasteiger partial charge in [0.25, 0.3) is 0 Å². The predicted octanol–water partition coefficient (Wildman–Crippen LogP) is 3.13. The maximum absolute atomic E-state index is 12.8. The second kappa shape index (κ2) is 9.44. The van der Waals surface area contributed by atoms with Crippen molar-refractivity contribution in [3.8, 4) is 0 Å². The van der Waals surface area contributed by atoms with Gasteiger partial charge in [0.1, 0.15) is 0 Å². The van der Waals surface area contributed by atoms with Gasteiger partial charge in [-0.2, -0.15) is 5.10 Å². The highest BCUT2D eigenvalue weighted by Crippen LogP contribution is 2.29. The summed E-state index contributed by atoms with van der Waals surface area (Å²) in [5.74, 6) is 1.31. The first-order chi connectivity index (χ1) is 12.1. The van der Waals surface area contributed by atoms with Crippen LogP contribution in [0.25, 0.3) is 0 Å². The molecule has 0 bridgehead atoms. The summed E-state index contributed by atoms with van der Waals surface area (Å²) in [7, 11) is 1.91. The van der Waals surface area contributed by atoms with Crippen molar-refractivity contribution in [2.24, 2.45) is 13.0 Å². The summed E-state index contributed by atoms with van der Waals surface area (Å²) in [5.41, 5.74) is 2.26. The van der Waals surface area contributed by atoms with Crippen LogP contribution < -0.4 is 10.6 Å². The Morgan fingerprint density at radius 3 is 2.73 bits per heavy atom. The number of nitrogens with zero attached hydrogens (tertiary/aromatic N) is 2. The number of thioether (sulfide) groups is 1. The first-order valence-electron chi connectivity index (χ1n) is 8.81. The van der Waals surface area contributed by atoms with Crippen LogP contribution in [0.2, 0.25) is 0 Å². The van der Waals surface area contributed by atoms with Gasteiger partial charge in [0.05, 0.1) is 18.2 Å². The minimum Gasteiger partial charge on any atom is -0.349 e. The summed E-state index contributed by atoms with van der Waals surface area (Å²) in [6, 6.07) is 8.47. The minimum atomic E-state index is -0.0541. The summed E-state index contributed by atoms with van der Waals surface area (Å²) in [5, 5.41) is 10.8. The molecule has 1 fully saturated rings. The molecule has 2 N–H and O–H groups in total. The van der Waals surface area contributed by atoms with Gasteiger partial charge in [-0.25, -0.2) is 0 Å². The van der Waals surface area contributed by atoms with E-state index < -0.39 is 0 Å². The fourth-order valence-electron chi connectivity index (χ4n) is 3.36. The lowest BCUT2D eigenvalue weighted by atomic mass is 9.90. The highest BCUT2D eigenvalue weighted by Gasteiger charge is 2.35. The minimum absolute atomic E-state index is 0. The molecular formula is C19H27ClN4OS. The highest BCUT2D eigenvalue weighted by atomic mass is 35.5. The van der Waals surface area contributed by atoms with Gasteiger partial charge in [0.15, 0.2) is 0 Å². The van der Waals surface area contributed by atoms with Crippen LogP contribution in [0.4, 0.5) is 0 Å². The zero-order chi connectivity index (χ0) is 17.8. The number of carbonyl (C=O) groups is 1. The monoisotopic (exact) mass is 394 g/mol. The van der Waals surface area contributed by atoms with Gasteiger partial charge in [-0.1, -0.05) is 19.1 Å². The van der Waals surface area contributed by atoms with Crippen LogP contribution in [0.15, 0.2) is 41.6 Å². The Hall–Kier alpha value is -1.50. The van der Waals surface area contributed by atoms with Crippen molar-refractivity contribution in [1.29, 1.82) is 0 Å². The number of hydrogen-bond acceptors (Lipinski definition) is 4. The number of benzene rings is 1. The third kappa shape index (κ3) is 4.81. The molecule has 1 aromatic heterocycles.